The average molecular weight is 1660 g/mol. The van der Waals surface area contributed by atoms with Crippen LogP contribution in [-0.2, 0) is 48.2 Å². The summed E-state index contributed by atoms with van der Waals surface area (Å²) in [5, 5.41) is 0. The molecule has 0 aliphatic carbocycles. The topological polar surface area (TPSA) is 181 Å². The van der Waals surface area contributed by atoms with Crippen LogP contribution in [-0.4, -0.2) is 228 Å². The van der Waals surface area contributed by atoms with E-state index in [2.05, 4.69) is 104 Å². The van der Waals surface area contributed by atoms with E-state index in [-0.39, 0.29) is 57.5 Å². The summed E-state index contributed by atoms with van der Waals surface area (Å²) in [7, 11) is 11.3. The van der Waals surface area contributed by atoms with E-state index in [0.717, 1.165) is 163 Å². The maximum absolute atomic E-state index is 12.9. The van der Waals surface area contributed by atoms with Crippen molar-refractivity contribution >= 4 is 17.9 Å². The van der Waals surface area contributed by atoms with Crippen molar-refractivity contribution in [1.29, 1.82) is 0 Å². The largest absolute Gasteiger partial charge is 0.497 e. The minimum absolute atomic E-state index is 0.125. The lowest BCUT2D eigenvalue weighted by Crippen LogP contribution is -2.45. The van der Waals surface area contributed by atoms with Crippen LogP contribution < -0.4 is 28.4 Å². The monoisotopic (exact) mass is 1660 g/mol. The third-order valence-electron chi connectivity index (χ3n) is 21.9. The summed E-state index contributed by atoms with van der Waals surface area (Å²) in [4.78, 5) is 52.6. The maximum atomic E-state index is 12.9. The van der Waals surface area contributed by atoms with Gasteiger partial charge in [0.15, 0.2) is 0 Å². The summed E-state index contributed by atoms with van der Waals surface area (Å²) in [6.07, 6.45) is -1.43. The molecule has 0 amide bonds. The van der Waals surface area contributed by atoms with Gasteiger partial charge in [-0.3, -0.25) is 14.7 Å². The number of piperazine rings is 3. The van der Waals surface area contributed by atoms with E-state index < -0.39 is 18.3 Å². The molecule has 0 saturated carbocycles. The number of nitrogens with zero attached hydrogens (tertiary/aromatic N) is 6. The summed E-state index contributed by atoms with van der Waals surface area (Å²) >= 11 is 0. The lowest BCUT2D eigenvalue weighted by atomic mass is 10.0. The predicted molar refractivity (Wildman–Crippen MR) is 474 cm³/mol. The molecule has 3 saturated heterocycles. The molecule has 3 atom stereocenters. The van der Waals surface area contributed by atoms with Crippen molar-refractivity contribution < 1.29 is 71.2 Å². The molecule has 0 spiro atoms. The summed E-state index contributed by atoms with van der Waals surface area (Å²) in [6, 6.07) is 74.7. The van der Waals surface area contributed by atoms with Crippen molar-refractivity contribution in [2.24, 2.45) is 0 Å². The highest BCUT2D eigenvalue weighted by molar-refractivity contribution is 5.90. The Bertz CT molecular complexity index is 4660. The number of carbonyl (C=O) groups excluding carboxylic acids is 3. The number of benzene rings is 10. The third-order valence-corrected chi connectivity index (χ3v) is 21.9. The van der Waals surface area contributed by atoms with Crippen LogP contribution in [0.15, 0.2) is 237 Å². The lowest BCUT2D eigenvalue weighted by molar-refractivity contribution is 0.0424. The fraction of sp³-hybridized carbons (Fsp3) is 0.324. The van der Waals surface area contributed by atoms with E-state index in [1.165, 1.54) is 0 Å². The first-order valence-corrected chi connectivity index (χ1v) is 41.8. The first-order valence-electron chi connectivity index (χ1n) is 41.8. The van der Waals surface area contributed by atoms with Crippen molar-refractivity contribution in [3.8, 4) is 70.0 Å². The molecule has 3 aliphatic rings. The van der Waals surface area contributed by atoms with Gasteiger partial charge in [-0.2, -0.15) is 0 Å². The zero-order valence-corrected chi connectivity index (χ0v) is 71.0. The number of likely N-dealkylation sites (N-methyl/N-ethyl adjacent to an activating group) is 3. The zero-order chi connectivity index (χ0) is 85.3. The molecule has 3 heterocycles. The van der Waals surface area contributed by atoms with Crippen LogP contribution in [0.1, 0.15) is 116 Å². The molecule has 13 rings (SSSR count). The molecule has 123 heavy (non-hydrogen) atoms. The predicted octanol–water partition coefficient (Wildman–Crippen LogP) is 14.1. The third kappa shape index (κ3) is 27.4. The molecule has 10 aromatic rings. The summed E-state index contributed by atoms with van der Waals surface area (Å²) in [5.74, 6) is 22.2. The van der Waals surface area contributed by atoms with Crippen LogP contribution in [0, 0.1) is 35.5 Å². The Balaban J connectivity index is 0.674. The molecule has 21 heteroatoms. The van der Waals surface area contributed by atoms with E-state index in [9.17, 15) is 14.4 Å². The Morgan fingerprint density at radius 2 is 0.512 bits per heavy atom. The number of carbonyl (C=O) groups is 3. The van der Waals surface area contributed by atoms with Gasteiger partial charge in [0.05, 0.1) is 38.0 Å². The molecule has 636 valence electrons. The zero-order valence-electron chi connectivity index (χ0n) is 71.0. The van der Waals surface area contributed by atoms with Crippen molar-refractivity contribution in [3.63, 3.8) is 0 Å². The standard InChI is InChI=1S/C102H108N6O15/c1-103-49-55-106(56-50-103)61-67-118-100(109)88-19-13-76(14-20-88)10-7-64-115-97(82-25-37-91(112-4)38-26-82)85-31-43-94(44-32-85)121-73-79-70-80(74-122-95-45-33-86(34-46-95)98(83-27-39-92(113-5)40-28-83)116-65-8-11-77-15-21-89(22-16-77)101(110)119-68-62-107-57-51-104(2)52-58-107)72-81(71-79)75-123-96-47-35-87(36-48-96)99(84-29-41-93(114-6)42-30-84)117-66-9-12-78-17-23-90(24-18-78)102(111)120-69-63-108-59-53-105(3)54-60-108/h13-48,70-72,97-99H,49-69,73-75H2,1-6H3. The Morgan fingerprint density at radius 1 is 0.293 bits per heavy atom. The van der Waals surface area contributed by atoms with Crippen molar-refractivity contribution in [1.82, 2.24) is 29.4 Å². The fourth-order valence-electron chi connectivity index (χ4n) is 14.4. The number of methoxy groups -OCH3 is 3. The number of ether oxygens (including phenoxy) is 12. The SMILES string of the molecule is COc1ccc(C(OCC#Cc2ccc(C(=O)OCCN3CCN(C)CC3)cc2)c2ccc(OCc3cc(COc4ccc(C(OCC#Cc5ccc(C(=O)OCCN6CCN(C)CC6)cc5)c5ccc(OC)cc5)cc4)cc(COc4ccc(C(OCC#Cc5ccc(C(=O)OCCN6CCN(C)CC6)cc5)c5ccc(OC)cc5)cc4)c3)cc2)cc1. The number of rotatable bonds is 36. The van der Waals surface area contributed by atoms with Gasteiger partial charge in [0.25, 0.3) is 0 Å². The summed E-state index contributed by atoms with van der Waals surface area (Å²) in [6.45, 7) is 16.0. The van der Waals surface area contributed by atoms with Crippen molar-refractivity contribution in [2.45, 2.75) is 38.1 Å². The Kier molecular flexibility index (Phi) is 33.2. The van der Waals surface area contributed by atoms with Crippen LogP contribution in [0.5, 0.6) is 34.5 Å². The highest BCUT2D eigenvalue weighted by Gasteiger charge is 2.23. The smallest absolute Gasteiger partial charge is 0.338 e. The van der Waals surface area contributed by atoms with Gasteiger partial charge in [-0.05, 0) is 235 Å². The number of esters is 3. The molecular formula is C102H108N6O15. The van der Waals surface area contributed by atoms with Gasteiger partial charge >= 0.3 is 17.9 Å². The summed E-state index contributed by atoms with van der Waals surface area (Å²) < 4.78 is 72.9. The Labute approximate surface area is 723 Å². The second-order valence-electron chi connectivity index (χ2n) is 30.6. The second-order valence-corrected chi connectivity index (χ2v) is 30.6. The van der Waals surface area contributed by atoms with Gasteiger partial charge in [0.1, 0.15) is 112 Å². The molecule has 0 N–H and O–H groups in total. The highest BCUT2D eigenvalue weighted by Crippen LogP contribution is 2.34. The number of hydrogen-bond acceptors (Lipinski definition) is 21. The minimum atomic E-state index is -0.476. The number of hydrogen-bond donors (Lipinski definition) is 0. The van der Waals surface area contributed by atoms with Gasteiger partial charge in [-0.1, -0.05) is 108 Å². The van der Waals surface area contributed by atoms with E-state index in [4.69, 9.17) is 56.8 Å². The Hall–Kier alpha value is -12.3. The Morgan fingerprint density at radius 3 is 0.732 bits per heavy atom. The van der Waals surface area contributed by atoms with Gasteiger partial charge in [-0.15, -0.1) is 0 Å². The quantitative estimate of drug-likeness (QED) is 0.0205. The summed E-state index contributed by atoms with van der Waals surface area (Å²) in [5.41, 5.74) is 11.8. The molecule has 3 unspecified atom stereocenters. The van der Waals surface area contributed by atoms with Crippen molar-refractivity contribution in [3.05, 3.63) is 320 Å². The van der Waals surface area contributed by atoms with Crippen LogP contribution in [0.4, 0.5) is 0 Å². The van der Waals surface area contributed by atoms with Crippen LogP contribution in [0.25, 0.3) is 0 Å². The van der Waals surface area contributed by atoms with Gasteiger partial charge in [0.2, 0.25) is 0 Å². The minimum Gasteiger partial charge on any atom is -0.497 e. The first kappa shape index (κ1) is 88.5. The van der Waals surface area contributed by atoms with Gasteiger partial charge in [0, 0.05) is 115 Å². The maximum Gasteiger partial charge on any atom is 0.338 e. The van der Waals surface area contributed by atoms with Crippen LogP contribution >= 0.6 is 0 Å². The van der Waals surface area contributed by atoms with E-state index in [1.807, 2.05) is 182 Å². The molecule has 0 radical (unpaired) electrons. The normalized spacial score (nSPS) is 14.8. The lowest BCUT2D eigenvalue weighted by Gasteiger charge is -2.32. The van der Waals surface area contributed by atoms with Gasteiger partial charge in [-0.25, -0.2) is 14.4 Å². The van der Waals surface area contributed by atoms with Crippen LogP contribution in [0.2, 0.25) is 0 Å². The first-order chi connectivity index (χ1) is 60.2. The van der Waals surface area contributed by atoms with E-state index in [1.54, 1.807) is 57.7 Å². The molecule has 0 bridgehead atoms. The van der Waals surface area contributed by atoms with Crippen LogP contribution in [0.3, 0.4) is 0 Å². The molecule has 21 nitrogen and oxygen atoms in total. The molecular weight excluding hydrogens is 1550 g/mol. The van der Waals surface area contributed by atoms with E-state index >= 15 is 0 Å². The molecule has 0 aromatic heterocycles. The fourth-order valence-corrected chi connectivity index (χ4v) is 14.4. The van der Waals surface area contributed by atoms with Crippen molar-refractivity contribution in [2.75, 3.05) is 180 Å². The highest BCUT2D eigenvalue weighted by atomic mass is 16.5. The average Bonchev–Trinajstić information content (AvgIpc) is 0.834. The van der Waals surface area contributed by atoms with E-state index in [0.29, 0.717) is 73.4 Å². The second kappa shape index (κ2) is 46.1. The molecule has 10 aromatic carbocycles. The van der Waals surface area contributed by atoms with Gasteiger partial charge < -0.3 is 71.5 Å². The molecule has 3 fully saturated rings. The molecule has 3 aliphatic heterocycles.